The van der Waals surface area contributed by atoms with Crippen molar-refractivity contribution < 1.29 is 9.53 Å². The van der Waals surface area contributed by atoms with Gasteiger partial charge in [-0.1, -0.05) is 5.21 Å². The summed E-state index contributed by atoms with van der Waals surface area (Å²) in [7, 11) is 0. The molecular formula is C29H36N10O2. The van der Waals surface area contributed by atoms with Crippen molar-refractivity contribution in [1.29, 1.82) is 5.26 Å². The normalized spacial score (nSPS) is 16.6. The number of carbonyl (C=O) groups is 1. The molecule has 5 rings (SSSR count). The van der Waals surface area contributed by atoms with Crippen LogP contribution in [0.25, 0.3) is 6.08 Å². The molecule has 0 bridgehead atoms. The Morgan fingerprint density at radius 3 is 2.66 bits per heavy atom. The van der Waals surface area contributed by atoms with E-state index in [1.165, 1.54) is 6.08 Å². The first-order valence-electron chi connectivity index (χ1n) is 14.0. The Bertz CT molecular complexity index is 1390. The molecule has 2 N–H and O–H groups in total. The molecule has 2 aliphatic rings. The molecule has 0 unspecified atom stereocenters. The number of rotatable bonds is 9. The predicted molar refractivity (Wildman–Crippen MR) is 155 cm³/mol. The number of hydrogen-bond acceptors (Lipinski definition) is 10. The lowest BCUT2D eigenvalue weighted by Crippen LogP contribution is -2.42. The average molecular weight is 557 g/mol. The lowest BCUT2D eigenvalue weighted by molar-refractivity contribution is -0.136. The molecule has 0 atom stereocenters. The van der Waals surface area contributed by atoms with Gasteiger partial charge in [0.2, 0.25) is 11.9 Å². The molecule has 2 fully saturated rings. The summed E-state index contributed by atoms with van der Waals surface area (Å²) in [6, 6.07) is 8.26. The Morgan fingerprint density at radius 2 is 1.93 bits per heavy atom. The summed E-state index contributed by atoms with van der Waals surface area (Å²) in [6.45, 7) is 9.26. The number of benzene rings is 1. The molecule has 12 nitrogen and oxygen atoms in total. The predicted octanol–water partition coefficient (Wildman–Crippen LogP) is 2.90. The number of nitrogens with zero attached hydrogens (tertiary/aromatic N) is 8. The van der Waals surface area contributed by atoms with Crippen LogP contribution in [-0.2, 0) is 22.6 Å². The van der Waals surface area contributed by atoms with E-state index in [2.05, 4.69) is 30.8 Å². The first-order chi connectivity index (χ1) is 20.0. The number of piperidine rings is 1. The van der Waals surface area contributed by atoms with Gasteiger partial charge in [-0.2, -0.15) is 10.2 Å². The average Bonchev–Trinajstić information content (AvgIpc) is 3.42. The van der Waals surface area contributed by atoms with E-state index in [1.807, 2.05) is 49.2 Å². The third-order valence-electron chi connectivity index (χ3n) is 7.37. The number of carbonyl (C=O) groups excluding carboxylic acids is 1. The summed E-state index contributed by atoms with van der Waals surface area (Å²) < 4.78 is 6.95. The molecule has 12 heteroatoms. The topological polar surface area (TPSA) is 137 Å². The highest BCUT2D eigenvalue weighted by molar-refractivity contribution is 5.76. The highest BCUT2D eigenvalue weighted by Gasteiger charge is 2.22. The fraction of sp³-hybridized carbons (Fsp3) is 0.448. The second kappa shape index (κ2) is 13.3. The van der Waals surface area contributed by atoms with Crippen LogP contribution in [0.4, 0.5) is 17.5 Å². The van der Waals surface area contributed by atoms with Gasteiger partial charge in [0.05, 0.1) is 31.2 Å². The molecule has 0 aliphatic carbocycles. The Hall–Kier alpha value is -4.34. The summed E-state index contributed by atoms with van der Waals surface area (Å²) in [5.74, 6) is 1.37. The van der Waals surface area contributed by atoms with E-state index in [0.29, 0.717) is 38.8 Å². The zero-order chi connectivity index (χ0) is 28.6. The lowest BCUT2D eigenvalue weighted by atomic mass is 10.0. The number of nitrogens with one attached hydrogen (secondary N) is 2. The van der Waals surface area contributed by atoms with Gasteiger partial charge in [-0.05, 0) is 67.7 Å². The molecule has 4 heterocycles. The molecular weight excluding hydrogens is 520 g/mol. The van der Waals surface area contributed by atoms with Crippen LogP contribution >= 0.6 is 0 Å². The van der Waals surface area contributed by atoms with Crippen molar-refractivity contribution in [3.05, 3.63) is 59.1 Å². The van der Waals surface area contributed by atoms with E-state index in [1.54, 1.807) is 17.0 Å². The van der Waals surface area contributed by atoms with Gasteiger partial charge in [-0.25, -0.2) is 9.67 Å². The minimum absolute atomic E-state index is 0.0470. The monoisotopic (exact) mass is 556 g/mol. The first-order valence-corrected chi connectivity index (χ1v) is 14.0. The Kier molecular flexibility index (Phi) is 9.18. The third-order valence-corrected chi connectivity index (χ3v) is 7.37. The standard InChI is InChI=1S/C29H36N10O2/c1-21-16-23(4-3-8-30)17-22(2)28(21)33-26-5-9-31-29(34-26)32-24-6-10-37(11-7-24)18-25-19-39(36-35-25)20-27(40)38-12-14-41-15-13-38/h3-5,9,16-17,19,24H,6-7,10-15,18,20H2,1-2H3,(H2,31,32,33,34)/b4-3+. The maximum atomic E-state index is 12.5. The molecule has 2 saturated heterocycles. The number of aromatic nitrogens is 5. The summed E-state index contributed by atoms with van der Waals surface area (Å²) in [6.07, 6.45) is 8.84. The molecule has 214 valence electrons. The summed E-state index contributed by atoms with van der Waals surface area (Å²) in [4.78, 5) is 25.8. The number of amides is 1. The van der Waals surface area contributed by atoms with E-state index in [9.17, 15) is 4.79 Å². The summed E-state index contributed by atoms with van der Waals surface area (Å²) in [5, 5.41) is 24.2. The van der Waals surface area contributed by atoms with Crippen LogP contribution in [0.1, 0.15) is 35.2 Å². The largest absolute Gasteiger partial charge is 0.378 e. The van der Waals surface area contributed by atoms with Gasteiger partial charge in [0.15, 0.2) is 0 Å². The van der Waals surface area contributed by atoms with Gasteiger partial charge in [0.25, 0.3) is 0 Å². The van der Waals surface area contributed by atoms with Crippen molar-refractivity contribution in [3.8, 4) is 6.07 Å². The fourth-order valence-corrected chi connectivity index (χ4v) is 5.24. The molecule has 0 radical (unpaired) electrons. The molecule has 0 spiro atoms. The highest BCUT2D eigenvalue weighted by atomic mass is 16.5. The van der Waals surface area contributed by atoms with E-state index >= 15 is 0 Å². The van der Waals surface area contributed by atoms with E-state index < -0.39 is 0 Å². The van der Waals surface area contributed by atoms with Crippen molar-refractivity contribution >= 4 is 29.4 Å². The number of ether oxygens (including phenoxy) is 1. The van der Waals surface area contributed by atoms with E-state index in [4.69, 9.17) is 15.0 Å². The number of morpholine rings is 1. The summed E-state index contributed by atoms with van der Waals surface area (Å²) >= 11 is 0. The van der Waals surface area contributed by atoms with Gasteiger partial charge in [0, 0.05) is 56.7 Å². The number of anilines is 3. The van der Waals surface area contributed by atoms with Crippen LogP contribution in [0.2, 0.25) is 0 Å². The van der Waals surface area contributed by atoms with Crippen LogP contribution < -0.4 is 10.6 Å². The highest BCUT2D eigenvalue weighted by Crippen LogP contribution is 2.26. The zero-order valence-electron chi connectivity index (χ0n) is 23.6. The first kappa shape index (κ1) is 28.2. The molecule has 41 heavy (non-hydrogen) atoms. The number of aryl methyl sites for hydroxylation is 2. The van der Waals surface area contributed by atoms with E-state index in [0.717, 1.165) is 59.8 Å². The quantitative estimate of drug-likeness (QED) is 0.379. The van der Waals surface area contributed by atoms with Gasteiger partial charge in [-0.3, -0.25) is 9.69 Å². The van der Waals surface area contributed by atoms with Crippen molar-refractivity contribution in [3.63, 3.8) is 0 Å². The Morgan fingerprint density at radius 1 is 1.17 bits per heavy atom. The maximum Gasteiger partial charge on any atom is 0.244 e. The number of likely N-dealkylation sites (tertiary alicyclic amines) is 1. The lowest BCUT2D eigenvalue weighted by Gasteiger charge is -2.31. The number of allylic oxidation sites excluding steroid dienone is 1. The number of nitriles is 1. The fourth-order valence-electron chi connectivity index (χ4n) is 5.24. The zero-order valence-corrected chi connectivity index (χ0v) is 23.6. The summed E-state index contributed by atoms with van der Waals surface area (Å²) in [5.41, 5.74) is 5.01. The Labute approximate surface area is 240 Å². The van der Waals surface area contributed by atoms with E-state index in [-0.39, 0.29) is 18.5 Å². The van der Waals surface area contributed by atoms with Crippen LogP contribution in [-0.4, -0.2) is 86.1 Å². The van der Waals surface area contributed by atoms with Gasteiger partial charge in [0.1, 0.15) is 12.4 Å². The molecule has 3 aromatic rings. The van der Waals surface area contributed by atoms with Crippen molar-refractivity contribution in [2.24, 2.45) is 0 Å². The second-order valence-electron chi connectivity index (χ2n) is 10.5. The van der Waals surface area contributed by atoms with Gasteiger partial charge < -0.3 is 20.3 Å². The van der Waals surface area contributed by atoms with Crippen molar-refractivity contribution in [2.75, 3.05) is 50.0 Å². The van der Waals surface area contributed by atoms with Gasteiger partial charge >= 0.3 is 0 Å². The van der Waals surface area contributed by atoms with Crippen LogP contribution in [0.3, 0.4) is 0 Å². The SMILES string of the molecule is Cc1cc(/C=C/C#N)cc(C)c1Nc1ccnc(NC2CCN(Cc3cn(CC(=O)N4CCOCC4)nn3)CC2)n1. The molecule has 1 amide bonds. The maximum absolute atomic E-state index is 12.5. The smallest absolute Gasteiger partial charge is 0.244 e. The minimum atomic E-state index is 0.0470. The molecule has 1 aromatic carbocycles. The molecule has 2 aromatic heterocycles. The van der Waals surface area contributed by atoms with Crippen molar-refractivity contribution in [2.45, 2.75) is 45.8 Å². The second-order valence-corrected chi connectivity index (χ2v) is 10.5. The van der Waals surface area contributed by atoms with Crippen LogP contribution in [0, 0.1) is 25.2 Å². The molecule has 0 saturated carbocycles. The van der Waals surface area contributed by atoms with Crippen molar-refractivity contribution in [1.82, 2.24) is 34.8 Å². The van der Waals surface area contributed by atoms with Gasteiger partial charge in [-0.15, -0.1) is 5.10 Å². The minimum Gasteiger partial charge on any atom is -0.378 e. The van der Waals surface area contributed by atoms with Crippen LogP contribution in [0.5, 0.6) is 0 Å². The van der Waals surface area contributed by atoms with Crippen LogP contribution in [0.15, 0.2) is 36.7 Å². The number of hydrogen-bond donors (Lipinski definition) is 2. The third kappa shape index (κ3) is 7.65. The molecule has 2 aliphatic heterocycles. The Balaban J connectivity index is 1.10.